The summed E-state index contributed by atoms with van der Waals surface area (Å²) >= 11 is 0. The van der Waals surface area contributed by atoms with E-state index in [0.717, 1.165) is 12.1 Å². The Balaban J connectivity index is 2.96. The van der Waals surface area contributed by atoms with Gasteiger partial charge in [0.15, 0.2) is 0 Å². The van der Waals surface area contributed by atoms with Crippen molar-refractivity contribution >= 4 is 11.4 Å². The van der Waals surface area contributed by atoms with E-state index in [1.807, 2.05) is 30.3 Å². The fraction of sp³-hybridized carbons (Fsp3) is 0.462. The van der Waals surface area contributed by atoms with Gasteiger partial charge in [-0.1, -0.05) is 45.9 Å². The summed E-state index contributed by atoms with van der Waals surface area (Å²) in [5.74, 6) is 0. The Morgan fingerprint density at radius 2 is 1.71 bits per heavy atom. The van der Waals surface area contributed by atoms with Gasteiger partial charge in [0.1, 0.15) is 0 Å². The van der Waals surface area contributed by atoms with E-state index in [9.17, 15) is 0 Å². The molecule has 76 valence electrons. The summed E-state index contributed by atoms with van der Waals surface area (Å²) < 4.78 is 0. The van der Waals surface area contributed by atoms with Crippen molar-refractivity contribution in [2.24, 2.45) is 10.4 Å². The van der Waals surface area contributed by atoms with Crippen molar-refractivity contribution in [3.8, 4) is 0 Å². The van der Waals surface area contributed by atoms with E-state index < -0.39 is 0 Å². The zero-order chi connectivity index (χ0) is 10.6. The molecule has 0 radical (unpaired) electrons. The fourth-order valence-corrected chi connectivity index (χ4v) is 1.44. The number of hydrogen-bond acceptors (Lipinski definition) is 1. The molecule has 1 nitrogen and oxygen atoms in total. The van der Waals surface area contributed by atoms with Crippen molar-refractivity contribution in [3.05, 3.63) is 30.3 Å². The molecule has 0 saturated carbocycles. The quantitative estimate of drug-likeness (QED) is 0.618. The Labute approximate surface area is 86.9 Å². The van der Waals surface area contributed by atoms with Crippen LogP contribution in [0.5, 0.6) is 0 Å². The molecule has 0 N–H and O–H groups in total. The van der Waals surface area contributed by atoms with Crippen LogP contribution in [0.2, 0.25) is 0 Å². The average Bonchev–Trinajstić information content (AvgIpc) is 2.14. The lowest BCUT2D eigenvalue weighted by atomic mass is 9.88. The number of hydrogen-bond donors (Lipinski definition) is 0. The molecule has 1 aromatic carbocycles. The van der Waals surface area contributed by atoms with Crippen molar-refractivity contribution in [1.82, 2.24) is 0 Å². The third kappa shape index (κ3) is 2.99. The van der Waals surface area contributed by atoms with Gasteiger partial charge in [-0.05, 0) is 18.6 Å². The molecular weight excluding hydrogens is 170 g/mol. The minimum absolute atomic E-state index is 0.171. The fourth-order valence-electron chi connectivity index (χ4n) is 1.44. The second-order valence-electron chi connectivity index (χ2n) is 4.50. The van der Waals surface area contributed by atoms with Crippen molar-refractivity contribution in [2.75, 3.05) is 0 Å². The maximum Gasteiger partial charge on any atom is 0.0629 e. The second-order valence-corrected chi connectivity index (χ2v) is 4.50. The van der Waals surface area contributed by atoms with Crippen LogP contribution in [0.15, 0.2) is 35.3 Å². The molecule has 0 amide bonds. The molecule has 0 aliphatic carbocycles. The summed E-state index contributed by atoms with van der Waals surface area (Å²) in [6, 6.07) is 10.1. The third-order valence-corrected chi connectivity index (χ3v) is 2.22. The molecule has 0 aromatic heterocycles. The molecule has 0 fully saturated rings. The number of benzene rings is 1. The molecule has 0 aliphatic heterocycles. The van der Waals surface area contributed by atoms with E-state index in [0.29, 0.717) is 0 Å². The number of para-hydroxylation sites is 1. The van der Waals surface area contributed by atoms with Crippen LogP contribution in [0.3, 0.4) is 0 Å². The van der Waals surface area contributed by atoms with Gasteiger partial charge in [-0.3, -0.25) is 4.99 Å². The molecule has 14 heavy (non-hydrogen) atoms. The van der Waals surface area contributed by atoms with Gasteiger partial charge in [-0.25, -0.2) is 0 Å². The zero-order valence-electron chi connectivity index (χ0n) is 9.54. The topological polar surface area (TPSA) is 12.4 Å². The second kappa shape index (κ2) is 4.41. The van der Waals surface area contributed by atoms with Crippen molar-refractivity contribution < 1.29 is 0 Å². The zero-order valence-corrected chi connectivity index (χ0v) is 9.54. The predicted octanol–water partition coefficient (Wildman–Crippen LogP) is 4.22. The van der Waals surface area contributed by atoms with Gasteiger partial charge in [0.25, 0.3) is 0 Å². The average molecular weight is 189 g/mol. The van der Waals surface area contributed by atoms with Gasteiger partial charge in [0, 0.05) is 11.1 Å². The Morgan fingerprint density at radius 1 is 1.14 bits per heavy atom. The van der Waals surface area contributed by atoms with Crippen molar-refractivity contribution in [1.29, 1.82) is 0 Å². The first-order chi connectivity index (χ1) is 6.54. The lowest BCUT2D eigenvalue weighted by Gasteiger charge is -2.20. The van der Waals surface area contributed by atoms with E-state index in [2.05, 4.69) is 32.7 Å². The van der Waals surface area contributed by atoms with E-state index in [1.54, 1.807) is 0 Å². The highest BCUT2D eigenvalue weighted by Crippen LogP contribution is 2.22. The Bertz CT molecular complexity index is 304. The van der Waals surface area contributed by atoms with Gasteiger partial charge in [-0.15, -0.1) is 0 Å². The highest BCUT2D eigenvalue weighted by Gasteiger charge is 2.16. The Hall–Kier alpha value is -1.11. The molecule has 0 heterocycles. The molecular formula is C13H19N. The van der Waals surface area contributed by atoms with Gasteiger partial charge in [0.2, 0.25) is 0 Å². The maximum absolute atomic E-state index is 4.66. The summed E-state index contributed by atoms with van der Waals surface area (Å²) in [7, 11) is 0. The Kier molecular flexibility index (Phi) is 3.45. The molecule has 1 rings (SSSR count). The summed E-state index contributed by atoms with van der Waals surface area (Å²) in [4.78, 5) is 4.66. The lowest BCUT2D eigenvalue weighted by molar-refractivity contribution is 0.580. The minimum Gasteiger partial charge on any atom is -0.257 e. The van der Waals surface area contributed by atoms with E-state index in [1.165, 1.54) is 5.71 Å². The largest absolute Gasteiger partial charge is 0.257 e. The van der Waals surface area contributed by atoms with E-state index in [-0.39, 0.29) is 5.41 Å². The smallest absolute Gasteiger partial charge is 0.0629 e. The van der Waals surface area contributed by atoms with Gasteiger partial charge < -0.3 is 0 Å². The highest BCUT2D eigenvalue weighted by molar-refractivity contribution is 5.91. The van der Waals surface area contributed by atoms with Crippen LogP contribution >= 0.6 is 0 Å². The Morgan fingerprint density at radius 3 is 2.14 bits per heavy atom. The molecule has 1 aromatic rings. The van der Waals surface area contributed by atoms with Crippen LogP contribution in [-0.2, 0) is 0 Å². The molecule has 0 unspecified atom stereocenters. The van der Waals surface area contributed by atoms with Crippen LogP contribution < -0.4 is 0 Å². The lowest BCUT2D eigenvalue weighted by Crippen LogP contribution is -2.18. The summed E-state index contributed by atoms with van der Waals surface area (Å²) in [6.45, 7) is 8.78. The minimum atomic E-state index is 0.171. The van der Waals surface area contributed by atoms with Gasteiger partial charge >= 0.3 is 0 Å². The van der Waals surface area contributed by atoms with E-state index >= 15 is 0 Å². The standard InChI is InChI=1S/C13H19N/c1-5-12(13(2,3)4)14-11-9-7-6-8-10-11/h6-10H,5H2,1-4H3. The molecule has 0 atom stereocenters. The summed E-state index contributed by atoms with van der Waals surface area (Å²) in [5.41, 5.74) is 2.48. The molecule has 0 saturated heterocycles. The first-order valence-corrected chi connectivity index (χ1v) is 5.17. The van der Waals surface area contributed by atoms with Crippen LogP contribution in [0, 0.1) is 5.41 Å². The van der Waals surface area contributed by atoms with Crippen LogP contribution in [0.1, 0.15) is 34.1 Å². The normalized spacial score (nSPS) is 13.0. The first kappa shape index (κ1) is 11.0. The monoisotopic (exact) mass is 189 g/mol. The number of aliphatic imine (C=N–C) groups is 1. The van der Waals surface area contributed by atoms with Crippen molar-refractivity contribution in [3.63, 3.8) is 0 Å². The van der Waals surface area contributed by atoms with Crippen LogP contribution in [-0.4, -0.2) is 5.71 Å². The van der Waals surface area contributed by atoms with Gasteiger partial charge in [-0.2, -0.15) is 0 Å². The molecule has 0 aliphatic rings. The number of nitrogens with zero attached hydrogens (tertiary/aromatic N) is 1. The van der Waals surface area contributed by atoms with Crippen LogP contribution in [0.25, 0.3) is 0 Å². The van der Waals surface area contributed by atoms with Gasteiger partial charge in [0.05, 0.1) is 5.69 Å². The van der Waals surface area contributed by atoms with Crippen LogP contribution in [0.4, 0.5) is 5.69 Å². The predicted molar refractivity (Wildman–Crippen MR) is 63.3 cm³/mol. The molecule has 1 heteroatoms. The summed E-state index contributed by atoms with van der Waals surface area (Å²) in [5, 5.41) is 0. The molecule has 0 spiro atoms. The first-order valence-electron chi connectivity index (χ1n) is 5.17. The highest BCUT2D eigenvalue weighted by atomic mass is 14.8. The summed E-state index contributed by atoms with van der Waals surface area (Å²) in [6.07, 6.45) is 1.01. The third-order valence-electron chi connectivity index (χ3n) is 2.22. The van der Waals surface area contributed by atoms with E-state index in [4.69, 9.17) is 0 Å². The SMILES string of the molecule is CCC(=Nc1ccccc1)C(C)(C)C. The van der Waals surface area contributed by atoms with Crippen molar-refractivity contribution in [2.45, 2.75) is 34.1 Å². The maximum atomic E-state index is 4.66. The number of rotatable bonds is 2. The molecule has 0 bridgehead atoms.